The van der Waals surface area contributed by atoms with E-state index in [1.807, 2.05) is 0 Å². The van der Waals surface area contributed by atoms with E-state index in [9.17, 15) is 0 Å². The summed E-state index contributed by atoms with van der Waals surface area (Å²) in [6, 6.07) is 138. The molecule has 0 atom stereocenters. The minimum Gasteiger partial charge on any atom is -0.311 e. The Morgan fingerprint density at radius 3 is 1.04 bits per heavy atom. The Labute approximate surface area is 528 Å². The van der Waals surface area contributed by atoms with Crippen LogP contribution in [0.4, 0.5) is 34.1 Å². The van der Waals surface area contributed by atoms with Gasteiger partial charge < -0.3 is 14.4 Å². The molecule has 14 aromatic carbocycles. The quantitative estimate of drug-likeness (QED) is 0.0892. The van der Waals surface area contributed by atoms with Crippen molar-refractivity contribution in [2.75, 3.05) is 9.80 Å². The molecule has 0 bridgehead atoms. The molecule has 0 radical (unpaired) electrons. The highest BCUT2D eigenvalue weighted by molar-refractivity contribution is 7.20. The highest BCUT2D eigenvalue weighted by Crippen LogP contribution is 2.47. The second-order valence-electron chi connectivity index (χ2n) is 23.9. The molecule has 0 aliphatic carbocycles. The molecule has 0 saturated heterocycles. The molecule has 0 unspecified atom stereocenters. The number of nitrogens with zero attached hydrogens (tertiary/aromatic N) is 3. The SMILES string of the molecule is c1ccc(-c2ccc3c(c2)N(c2cccc([Si](c4ccccc4)(c4ccccc4)c4ccccc4)c2)c2cc(-n4c5ccccc5c5ccccc54)cc4c2B3c2ccc([Si](c3ccccc3)(c3ccccc3)c3ccccc3)cc2N4c2ccccc2)cc1. The van der Waals surface area contributed by atoms with Crippen LogP contribution < -0.4 is 67.7 Å². The highest BCUT2D eigenvalue weighted by atomic mass is 28.3. The van der Waals surface area contributed by atoms with Gasteiger partial charge in [-0.05, 0) is 130 Å². The number of rotatable bonds is 12. The lowest BCUT2D eigenvalue weighted by atomic mass is 9.33. The first-order valence-corrected chi connectivity index (χ1v) is 35.3. The molecule has 17 rings (SSSR count). The number of benzene rings is 14. The largest absolute Gasteiger partial charge is 0.311 e. The van der Waals surface area contributed by atoms with Crippen LogP contribution in [0, 0.1) is 0 Å². The van der Waals surface area contributed by atoms with Crippen LogP contribution in [0.3, 0.4) is 0 Å². The van der Waals surface area contributed by atoms with Crippen LogP contribution in [0.2, 0.25) is 0 Å². The van der Waals surface area contributed by atoms with Crippen molar-refractivity contribution >= 4 is 137 Å². The van der Waals surface area contributed by atoms with Gasteiger partial charge in [-0.25, -0.2) is 0 Å². The predicted octanol–water partition coefficient (Wildman–Crippen LogP) is 13.3. The molecule has 0 amide bonds. The number of anilines is 6. The van der Waals surface area contributed by atoms with Crippen molar-refractivity contribution < 1.29 is 0 Å². The molecule has 0 fully saturated rings. The summed E-state index contributed by atoms with van der Waals surface area (Å²) in [5.41, 5.74) is 16.4. The van der Waals surface area contributed by atoms with Gasteiger partial charge in [0.15, 0.2) is 16.1 Å². The number of para-hydroxylation sites is 3. The molecule has 0 N–H and O–H groups in total. The van der Waals surface area contributed by atoms with Gasteiger partial charge in [0.25, 0.3) is 6.71 Å². The van der Waals surface area contributed by atoms with Crippen LogP contribution in [0.25, 0.3) is 38.6 Å². The molecule has 6 heteroatoms. The number of fused-ring (bicyclic) bond motifs is 7. The molecular formula is C84H60BN3Si2. The Hall–Kier alpha value is -11.0. The first-order valence-electron chi connectivity index (χ1n) is 31.3. The van der Waals surface area contributed by atoms with E-state index in [2.05, 4.69) is 378 Å². The van der Waals surface area contributed by atoms with E-state index in [0.29, 0.717) is 0 Å². The zero-order valence-electron chi connectivity index (χ0n) is 49.6. The summed E-state index contributed by atoms with van der Waals surface area (Å²) in [5.74, 6) is 0. The zero-order chi connectivity index (χ0) is 59.6. The fourth-order valence-corrected chi connectivity index (χ4v) is 25.0. The van der Waals surface area contributed by atoms with Gasteiger partial charge >= 0.3 is 0 Å². The topological polar surface area (TPSA) is 11.4 Å². The van der Waals surface area contributed by atoms with Crippen molar-refractivity contribution in [2.24, 2.45) is 0 Å². The van der Waals surface area contributed by atoms with Gasteiger partial charge in [-0.1, -0.05) is 303 Å². The number of hydrogen-bond donors (Lipinski definition) is 0. The summed E-state index contributed by atoms with van der Waals surface area (Å²) in [4.78, 5) is 5.25. The van der Waals surface area contributed by atoms with E-state index in [4.69, 9.17) is 0 Å². The van der Waals surface area contributed by atoms with Crippen LogP contribution in [-0.4, -0.2) is 27.4 Å². The molecule has 15 aromatic rings. The van der Waals surface area contributed by atoms with Crippen LogP contribution in [0.5, 0.6) is 0 Å². The van der Waals surface area contributed by atoms with Crippen LogP contribution in [0.1, 0.15) is 0 Å². The van der Waals surface area contributed by atoms with Crippen molar-refractivity contribution in [3.8, 4) is 16.8 Å². The molecule has 1 aromatic heterocycles. The van der Waals surface area contributed by atoms with E-state index in [-0.39, 0.29) is 6.71 Å². The Bertz CT molecular complexity index is 4880. The van der Waals surface area contributed by atoms with Crippen molar-refractivity contribution in [3.05, 3.63) is 364 Å². The summed E-state index contributed by atoms with van der Waals surface area (Å²) < 4.78 is 2.52. The van der Waals surface area contributed by atoms with Crippen molar-refractivity contribution in [3.63, 3.8) is 0 Å². The number of hydrogen-bond acceptors (Lipinski definition) is 2. The molecule has 3 nitrogen and oxygen atoms in total. The van der Waals surface area contributed by atoms with Crippen LogP contribution in [0.15, 0.2) is 364 Å². The third-order valence-electron chi connectivity index (χ3n) is 19.2. The minimum atomic E-state index is -3.03. The predicted molar refractivity (Wildman–Crippen MR) is 387 cm³/mol. The van der Waals surface area contributed by atoms with Gasteiger partial charge in [0.05, 0.1) is 16.7 Å². The molecular weight excluding hydrogens is 1120 g/mol. The third-order valence-corrected chi connectivity index (χ3v) is 28.8. The average molecular weight is 1180 g/mol. The Kier molecular flexibility index (Phi) is 13.0. The first-order chi connectivity index (χ1) is 44.7. The van der Waals surface area contributed by atoms with Gasteiger partial charge in [-0.15, -0.1) is 0 Å². The summed E-state index contributed by atoms with van der Waals surface area (Å²) in [6.45, 7) is -0.155. The average Bonchev–Trinajstić information content (AvgIpc) is 0.772. The standard InChI is InChI=1S/C84H60BN3Si2/c1-9-30-61(31-10-1)62-52-54-76-80(56-62)87(64-34-29-47-72(57-64)89(66-35-13-3-14-36-66,67-37-15-4-16-38-67)68-39-17-5-18-40-68)83-59-65(88-78-50-27-25-48-74(78)75-49-26-28-51-79(75)88)58-82-84(83)85(76)77-55-53-73(60-81(77)86(82)63-32-11-2-12-33-63)90(69-41-19-6-20-42-69,70-43-21-7-22-44-70)71-45-23-8-24-46-71/h1-60H. The second kappa shape index (κ2) is 22.0. The van der Waals surface area contributed by atoms with E-state index in [1.54, 1.807) is 0 Å². The fourth-order valence-electron chi connectivity index (χ4n) is 15.5. The van der Waals surface area contributed by atoms with E-state index < -0.39 is 16.1 Å². The molecule has 2 aliphatic heterocycles. The summed E-state index contributed by atoms with van der Waals surface area (Å²) in [5, 5.41) is 13.1. The summed E-state index contributed by atoms with van der Waals surface area (Å²) in [6.07, 6.45) is 0. The van der Waals surface area contributed by atoms with Gasteiger partial charge in [-0.2, -0.15) is 0 Å². The van der Waals surface area contributed by atoms with Crippen LogP contribution >= 0.6 is 0 Å². The van der Waals surface area contributed by atoms with E-state index in [0.717, 1.165) is 45.2 Å². The Balaban J connectivity index is 1.01. The third kappa shape index (κ3) is 8.33. The Morgan fingerprint density at radius 1 is 0.222 bits per heavy atom. The van der Waals surface area contributed by atoms with Crippen molar-refractivity contribution in [1.82, 2.24) is 4.57 Å². The van der Waals surface area contributed by atoms with Gasteiger partial charge in [0.2, 0.25) is 0 Å². The summed E-state index contributed by atoms with van der Waals surface area (Å²) >= 11 is 0. The Morgan fingerprint density at radius 2 is 0.578 bits per heavy atom. The molecule has 3 heterocycles. The summed E-state index contributed by atoms with van der Waals surface area (Å²) in [7, 11) is -6.04. The van der Waals surface area contributed by atoms with Crippen molar-refractivity contribution in [2.45, 2.75) is 0 Å². The normalized spacial score (nSPS) is 12.6. The maximum atomic E-state index is 2.64. The highest BCUT2D eigenvalue weighted by Gasteiger charge is 2.48. The molecule has 2 aliphatic rings. The van der Waals surface area contributed by atoms with E-state index in [1.165, 1.54) is 85.5 Å². The number of aromatic nitrogens is 1. The lowest BCUT2D eigenvalue weighted by Gasteiger charge is -2.45. The first kappa shape index (κ1) is 53.2. The van der Waals surface area contributed by atoms with E-state index >= 15 is 0 Å². The van der Waals surface area contributed by atoms with Gasteiger partial charge in [0, 0.05) is 44.9 Å². The molecule has 422 valence electrons. The molecule has 0 spiro atoms. The second-order valence-corrected chi connectivity index (χ2v) is 31.5. The lowest BCUT2D eigenvalue weighted by molar-refractivity contribution is 1.16. The van der Waals surface area contributed by atoms with Crippen molar-refractivity contribution in [1.29, 1.82) is 0 Å². The van der Waals surface area contributed by atoms with Gasteiger partial charge in [-0.3, -0.25) is 0 Å². The maximum absolute atomic E-state index is 3.03. The molecule has 90 heavy (non-hydrogen) atoms. The molecule has 0 saturated carbocycles. The smallest absolute Gasteiger partial charge is 0.252 e. The maximum Gasteiger partial charge on any atom is 0.252 e. The lowest BCUT2D eigenvalue weighted by Crippen LogP contribution is -2.75. The monoisotopic (exact) mass is 1180 g/mol. The van der Waals surface area contributed by atoms with Crippen LogP contribution in [-0.2, 0) is 0 Å². The van der Waals surface area contributed by atoms with Gasteiger partial charge in [0.1, 0.15) is 0 Å². The zero-order valence-corrected chi connectivity index (χ0v) is 51.6. The fraction of sp³-hybridized carbons (Fsp3) is 0. The minimum absolute atomic E-state index is 0.155.